The fraction of sp³-hybridized carbons (Fsp3) is 0.532. The van der Waals surface area contributed by atoms with Crippen LogP contribution in [0.1, 0.15) is 101 Å². The number of hydrogen-bond acceptors (Lipinski definition) is 7. The van der Waals surface area contributed by atoms with E-state index in [1.54, 1.807) is 11.3 Å². The number of rotatable bonds is 17. The number of benzene rings is 1. The molecule has 8 heteroatoms. The van der Waals surface area contributed by atoms with Gasteiger partial charge in [0, 0.05) is 83.4 Å². The smallest absolute Gasteiger partial charge is 0.0956 e. The van der Waals surface area contributed by atoms with Gasteiger partial charge in [-0.3, -0.25) is 9.88 Å². The molecule has 1 aliphatic carbocycles. The largest absolute Gasteiger partial charge is 0.381 e. The number of nitrogens with one attached hydrogen (secondary N) is 2. The van der Waals surface area contributed by atoms with Gasteiger partial charge in [-0.1, -0.05) is 51.5 Å². The van der Waals surface area contributed by atoms with Gasteiger partial charge in [-0.2, -0.15) is 0 Å². The SMILES string of the molecule is C=CCCC(C)(C)Cc1c(-c2cccnc2C(C)N)n(CC)c2ccc(-c3csc(CC(C=C)NC(=C)C(C4CCCC4)N4CCCC5(CNC5)C4)n3)cc12. The molecule has 2 aliphatic heterocycles. The summed E-state index contributed by atoms with van der Waals surface area (Å²) in [6.07, 6.45) is 17.7. The van der Waals surface area contributed by atoms with Gasteiger partial charge < -0.3 is 20.9 Å². The summed E-state index contributed by atoms with van der Waals surface area (Å²) in [5, 5.41) is 12.1. The number of piperidine rings is 1. The highest BCUT2D eigenvalue weighted by atomic mass is 32.1. The topological polar surface area (TPSA) is 84.0 Å². The van der Waals surface area contributed by atoms with Crippen LogP contribution < -0.4 is 16.4 Å². The van der Waals surface area contributed by atoms with Crippen LogP contribution in [0.2, 0.25) is 0 Å². The maximum atomic E-state index is 6.54. The van der Waals surface area contributed by atoms with Gasteiger partial charge in [0.25, 0.3) is 0 Å². The van der Waals surface area contributed by atoms with Gasteiger partial charge in [0.15, 0.2) is 0 Å². The van der Waals surface area contributed by atoms with E-state index in [2.05, 4.69) is 89.8 Å². The molecule has 0 amide bonds. The van der Waals surface area contributed by atoms with E-state index in [-0.39, 0.29) is 17.5 Å². The second kappa shape index (κ2) is 16.9. The van der Waals surface area contributed by atoms with Crippen LogP contribution in [0.25, 0.3) is 33.4 Å². The number of likely N-dealkylation sites (tertiary alicyclic amines) is 1. The van der Waals surface area contributed by atoms with Crippen molar-refractivity contribution < 1.29 is 0 Å². The highest BCUT2D eigenvalue weighted by Gasteiger charge is 2.44. The maximum absolute atomic E-state index is 6.54. The van der Waals surface area contributed by atoms with Gasteiger partial charge in [0.05, 0.1) is 34.2 Å². The van der Waals surface area contributed by atoms with Gasteiger partial charge in [0.1, 0.15) is 0 Å². The summed E-state index contributed by atoms with van der Waals surface area (Å²) in [4.78, 5) is 12.8. The number of allylic oxidation sites excluding steroid dienone is 1. The van der Waals surface area contributed by atoms with E-state index < -0.39 is 0 Å². The third-order valence-corrected chi connectivity index (χ3v) is 13.7. The molecule has 0 radical (unpaired) electrons. The Kier molecular flexibility index (Phi) is 12.2. The van der Waals surface area contributed by atoms with Gasteiger partial charge in [-0.15, -0.1) is 24.5 Å². The predicted molar refractivity (Wildman–Crippen MR) is 233 cm³/mol. The third-order valence-electron chi connectivity index (χ3n) is 12.9. The Bertz CT molecular complexity index is 1970. The van der Waals surface area contributed by atoms with Crippen molar-refractivity contribution in [1.82, 2.24) is 30.1 Å². The van der Waals surface area contributed by atoms with Crippen molar-refractivity contribution in [2.45, 2.75) is 117 Å². The molecular formula is C47H65N7S. The molecule has 7 nitrogen and oxygen atoms in total. The second-order valence-electron chi connectivity index (χ2n) is 17.7. The van der Waals surface area contributed by atoms with Crippen LogP contribution in [0.5, 0.6) is 0 Å². The Labute approximate surface area is 334 Å². The van der Waals surface area contributed by atoms with Gasteiger partial charge in [-0.05, 0) is 106 Å². The van der Waals surface area contributed by atoms with Crippen molar-refractivity contribution in [1.29, 1.82) is 0 Å². The van der Waals surface area contributed by atoms with Crippen LogP contribution in [0.15, 0.2) is 79.5 Å². The van der Waals surface area contributed by atoms with Crippen LogP contribution in [-0.4, -0.2) is 57.7 Å². The fourth-order valence-corrected chi connectivity index (χ4v) is 10.9. The Balaban J connectivity index is 1.16. The lowest BCUT2D eigenvalue weighted by Gasteiger charge is -2.52. The Morgan fingerprint density at radius 3 is 2.67 bits per heavy atom. The van der Waals surface area contributed by atoms with Crippen molar-refractivity contribution in [2.75, 3.05) is 26.2 Å². The van der Waals surface area contributed by atoms with E-state index in [0.717, 1.165) is 72.8 Å². The van der Waals surface area contributed by atoms with E-state index in [0.29, 0.717) is 17.4 Å². The molecule has 1 saturated carbocycles. The molecular weight excluding hydrogens is 695 g/mol. The van der Waals surface area contributed by atoms with Crippen molar-refractivity contribution in [3.8, 4) is 22.5 Å². The molecule has 294 valence electrons. The molecule has 2 saturated heterocycles. The van der Waals surface area contributed by atoms with Crippen LogP contribution in [0, 0.1) is 16.7 Å². The minimum Gasteiger partial charge on any atom is -0.381 e. The molecule has 7 rings (SSSR count). The van der Waals surface area contributed by atoms with Gasteiger partial charge in [-0.25, -0.2) is 4.98 Å². The first kappa shape index (κ1) is 39.7. The molecule has 4 N–H and O–H groups in total. The zero-order chi connectivity index (χ0) is 38.7. The molecule has 3 atom stereocenters. The van der Waals surface area contributed by atoms with E-state index >= 15 is 0 Å². The first-order valence-corrected chi connectivity index (χ1v) is 21.9. The van der Waals surface area contributed by atoms with Crippen LogP contribution in [0.4, 0.5) is 0 Å². The predicted octanol–water partition coefficient (Wildman–Crippen LogP) is 9.85. The normalized spacial score (nSPS) is 19.3. The monoisotopic (exact) mass is 760 g/mol. The number of nitrogens with two attached hydrogens (primary N) is 1. The van der Waals surface area contributed by atoms with Crippen molar-refractivity contribution in [2.24, 2.45) is 22.5 Å². The van der Waals surface area contributed by atoms with E-state index in [1.807, 2.05) is 25.3 Å². The zero-order valence-corrected chi connectivity index (χ0v) is 34.8. The summed E-state index contributed by atoms with van der Waals surface area (Å²) >= 11 is 1.75. The molecule has 3 fully saturated rings. The molecule has 3 aliphatic rings. The number of pyridine rings is 1. The maximum Gasteiger partial charge on any atom is 0.0956 e. The van der Waals surface area contributed by atoms with Crippen molar-refractivity contribution in [3.05, 3.63) is 95.8 Å². The molecule has 1 aromatic carbocycles. The van der Waals surface area contributed by atoms with E-state index in [9.17, 15) is 0 Å². The molecule has 1 spiro atoms. The van der Waals surface area contributed by atoms with Gasteiger partial charge >= 0.3 is 0 Å². The minimum absolute atomic E-state index is 0.0752. The first-order chi connectivity index (χ1) is 26.5. The molecule has 3 unspecified atom stereocenters. The number of hydrogen-bond donors (Lipinski definition) is 3. The fourth-order valence-electron chi connectivity index (χ4n) is 10.0. The van der Waals surface area contributed by atoms with Crippen LogP contribution >= 0.6 is 11.3 Å². The number of aryl methyl sites for hydroxylation is 1. The highest BCUT2D eigenvalue weighted by molar-refractivity contribution is 7.10. The first-order valence-electron chi connectivity index (χ1n) is 21.0. The van der Waals surface area contributed by atoms with Crippen LogP contribution in [-0.2, 0) is 19.4 Å². The molecule has 3 aromatic heterocycles. The highest BCUT2D eigenvalue weighted by Crippen LogP contribution is 2.43. The average molecular weight is 760 g/mol. The number of thiazole rings is 1. The van der Waals surface area contributed by atoms with E-state index in [4.69, 9.17) is 22.3 Å². The molecule has 0 bridgehead atoms. The summed E-state index contributed by atoms with van der Waals surface area (Å²) in [6.45, 7) is 27.6. The Hall–Kier alpha value is -3.56. The van der Waals surface area contributed by atoms with E-state index in [1.165, 1.54) is 79.5 Å². The van der Waals surface area contributed by atoms with Crippen LogP contribution in [0.3, 0.4) is 0 Å². The lowest BCUT2D eigenvalue weighted by molar-refractivity contribution is 0.0114. The summed E-state index contributed by atoms with van der Waals surface area (Å²) in [7, 11) is 0. The quantitative estimate of drug-likeness (QED) is 0.0931. The summed E-state index contributed by atoms with van der Waals surface area (Å²) in [6, 6.07) is 11.4. The number of fused-ring (bicyclic) bond motifs is 1. The number of aromatic nitrogens is 3. The van der Waals surface area contributed by atoms with Crippen molar-refractivity contribution in [3.63, 3.8) is 0 Å². The summed E-state index contributed by atoms with van der Waals surface area (Å²) < 4.78 is 2.46. The Morgan fingerprint density at radius 2 is 1.98 bits per heavy atom. The standard InChI is InChI=1S/C47H65N7S/c1-8-11-21-46(6,7)27-39-38-25-35(19-20-41(38)54(10-3)45(39)37-18-14-23-50-43(37)32(4)48)40-28-55-42(52-40)26-36(9-2)51-33(5)44(34-16-12-13-17-34)53-24-15-22-47(31-53)29-49-30-47/h8-9,14,18-20,23,25,28,32,34,36,44,49,51H,1-2,5,10-13,15-17,21-22,24,26-27,29-31,48H2,3-4,6-7H3. The van der Waals surface area contributed by atoms with Gasteiger partial charge in [0.2, 0.25) is 0 Å². The second-order valence-corrected chi connectivity index (χ2v) is 18.6. The summed E-state index contributed by atoms with van der Waals surface area (Å²) in [5.41, 5.74) is 16.3. The molecule has 4 aromatic rings. The minimum atomic E-state index is -0.175. The molecule has 55 heavy (non-hydrogen) atoms. The van der Waals surface area contributed by atoms with Crippen molar-refractivity contribution >= 4 is 22.2 Å². The Morgan fingerprint density at radius 1 is 1.18 bits per heavy atom. The lowest BCUT2D eigenvalue weighted by Crippen LogP contribution is -2.63. The number of nitrogens with zero attached hydrogens (tertiary/aromatic N) is 4. The lowest BCUT2D eigenvalue weighted by atomic mass is 9.74. The zero-order valence-electron chi connectivity index (χ0n) is 34.0. The molecule has 5 heterocycles. The third kappa shape index (κ3) is 8.44. The summed E-state index contributed by atoms with van der Waals surface area (Å²) in [5.74, 6) is 0.680. The average Bonchev–Trinajstić information content (AvgIpc) is 3.93.